The minimum Gasteiger partial charge on any atom is -0.481 e. The van der Waals surface area contributed by atoms with E-state index in [-0.39, 0.29) is 0 Å². The number of allylic oxidation sites excluding steroid dienone is 2. The van der Waals surface area contributed by atoms with Crippen LogP contribution < -0.4 is 0 Å². The first-order chi connectivity index (χ1) is 19.5. The molecule has 3 atom stereocenters. The molecule has 7 nitrogen and oxygen atoms in total. The molecule has 0 bridgehead atoms. The molecule has 0 aromatic heterocycles. The largest absolute Gasteiger partial charge is 0.481 e. The summed E-state index contributed by atoms with van der Waals surface area (Å²) in [6, 6.07) is 0. The SMILES string of the molecule is CCCCCCCCCCC/C=C/CCCCCC[N+](CCC(C)C(=O)O)(CCC(C)C(=O)O)CCC(C)C(=O)O. The summed E-state index contributed by atoms with van der Waals surface area (Å²) in [5.74, 6) is -3.93. The van der Waals surface area contributed by atoms with E-state index in [0.717, 1.165) is 38.6 Å². The lowest BCUT2D eigenvalue weighted by atomic mass is 10.0. The average molecular weight is 583 g/mol. The molecule has 41 heavy (non-hydrogen) atoms. The number of hydrogen-bond acceptors (Lipinski definition) is 3. The summed E-state index contributed by atoms with van der Waals surface area (Å²) in [7, 11) is 0. The standard InChI is InChI=1S/C34H63NO6/c1-5-6-7-8-9-10-11-12-13-14-15-16-17-18-19-20-21-25-35(26-22-29(2)32(36)37,27-23-30(3)33(38)39)28-24-31(4)34(40)41/h15-16,29-31H,5-14,17-28H2,1-4H3,(H2-,36,37,38,39,40,41)/p+1/b16-15+. The van der Waals surface area contributed by atoms with E-state index >= 15 is 0 Å². The van der Waals surface area contributed by atoms with Gasteiger partial charge in [-0.2, -0.15) is 0 Å². The summed E-state index contributed by atoms with van der Waals surface area (Å²) in [5, 5.41) is 28.3. The normalized spacial score (nSPS) is 15.4. The van der Waals surface area contributed by atoms with Crippen LogP contribution in [0.2, 0.25) is 0 Å². The molecule has 0 saturated heterocycles. The van der Waals surface area contributed by atoms with Gasteiger partial charge in [-0.15, -0.1) is 0 Å². The Morgan fingerprint density at radius 2 is 0.829 bits per heavy atom. The van der Waals surface area contributed by atoms with Crippen molar-refractivity contribution in [3.05, 3.63) is 12.2 Å². The zero-order valence-electron chi connectivity index (χ0n) is 27.0. The van der Waals surface area contributed by atoms with Crippen LogP contribution in [0.1, 0.15) is 143 Å². The molecular formula is C34H64NO6+. The Morgan fingerprint density at radius 3 is 1.17 bits per heavy atom. The van der Waals surface area contributed by atoms with Gasteiger partial charge in [0.05, 0.1) is 43.9 Å². The van der Waals surface area contributed by atoms with Crippen LogP contribution in [0.4, 0.5) is 0 Å². The minimum atomic E-state index is -0.827. The average Bonchev–Trinajstić information content (AvgIpc) is 2.94. The molecule has 0 aliphatic carbocycles. The number of aliphatic carboxylic acids is 3. The second-order valence-corrected chi connectivity index (χ2v) is 12.6. The smallest absolute Gasteiger partial charge is 0.306 e. The Hall–Kier alpha value is -1.89. The molecule has 0 fully saturated rings. The van der Waals surface area contributed by atoms with E-state index in [1.165, 1.54) is 64.2 Å². The zero-order valence-corrected chi connectivity index (χ0v) is 27.0. The topological polar surface area (TPSA) is 112 Å². The molecule has 0 aliphatic rings. The number of carboxylic acid groups (broad SMARTS) is 3. The van der Waals surface area contributed by atoms with Gasteiger partial charge in [0.1, 0.15) is 0 Å². The summed E-state index contributed by atoms with van der Waals surface area (Å²) in [6.45, 7) is 10.1. The maximum absolute atomic E-state index is 11.5. The van der Waals surface area contributed by atoms with E-state index in [1.807, 2.05) is 0 Å². The van der Waals surface area contributed by atoms with Gasteiger partial charge in [-0.25, -0.2) is 0 Å². The van der Waals surface area contributed by atoms with Crippen LogP contribution in [-0.4, -0.2) is 63.9 Å². The van der Waals surface area contributed by atoms with Gasteiger partial charge in [-0.1, -0.05) is 97.6 Å². The van der Waals surface area contributed by atoms with Gasteiger partial charge < -0.3 is 19.8 Å². The molecule has 0 radical (unpaired) electrons. The molecule has 3 N–H and O–H groups in total. The lowest BCUT2D eigenvalue weighted by molar-refractivity contribution is -0.929. The van der Waals surface area contributed by atoms with Crippen LogP contribution in [0.5, 0.6) is 0 Å². The lowest BCUT2D eigenvalue weighted by Crippen LogP contribution is -2.52. The third-order valence-electron chi connectivity index (χ3n) is 8.77. The fourth-order valence-corrected chi connectivity index (χ4v) is 5.32. The molecule has 0 spiro atoms. The Labute approximate surface area is 251 Å². The molecular weight excluding hydrogens is 518 g/mol. The van der Waals surface area contributed by atoms with Crippen LogP contribution in [-0.2, 0) is 14.4 Å². The van der Waals surface area contributed by atoms with Gasteiger partial charge >= 0.3 is 17.9 Å². The van der Waals surface area contributed by atoms with E-state index < -0.39 is 35.7 Å². The molecule has 0 aromatic rings. The molecule has 0 rings (SSSR count). The molecule has 240 valence electrons. The highest BCUT2D eigenvalue weighted by atomic mass is 16.4. The molecule has 0 aliphatic heterocycles. The second-order valence-electron chi connectivity index (χ2n) is 12.6. The van der Waals surface area contributed by atoms with E-state index in [1.54, 1.807) is 20.8 Å². The summed E-state index contributed by atoms with van der Waals surface area (Å²) in [5.41, 5.74) is 0. The number of hydrogen-bond donors (Lipinski definition) is 3. The molecule has 0 aromatic carbocycles. The zero-order chi connectivity index (χ0) is 30.9. The fourth-order valence-electron chi connectivity index (χ4n) is 5.32. The predicted molar refractivity (Wildman–Crippen MR) is 168 cm³/mol. The molecule has 7 heteroatoms. The minimum absolute atomic E-state index is 0.483. The summed E-state index contributed by atoms with van der Waals surface area (Å²) in [4.78, 5) is 34.5. The number of unbranched alkanes of at least 4 members (excludes halogenated alkanes) is 13. The molecule has 3 unspecified atom stereocenters. The number of carboxylic acids is 3. The van der Waals surface area contributed by atoms with Gasteiger partial charge in [0, 0.05) is 19.3 Å². The van der Waals surface area contributed by atoms with Crippen LogP contribution in [0, 0.1) is 17.8 Å². The van der Waals surface area contributed by atoms with Crippen molar-refractivity contribution in [2.75, 3.05) is 26.2 Å². The van der Waals surface area contributed by atoms with Crippen molar-refractivity contribution in [2.45, 2.75) is 143 Å². The van der Waals surface area contributed by atoms with Crippen molar-refractivity contribution in [2.24, 2.45) is 17.8 Å². The van der Waals surface area contributed by atoms with Crippen molar-refractivity contribution in [1.29, 1.82) is 0 Å². The third-order valence-corrected chi connectivity index (χ3v) is 8.77. The van der Waals surface area contributed by atoms with Crippen molar-refractivity contribution in [1.82, 2.24) is 0 Å². The van der Waals surface area contributed by atoms with Crippen LogP contribution in [0.3, 0.4) is 0 Å². The molecule has 0 amide bonds. The van der Waals surface area contributed by atoms with E-state index in [2.05, 4.69) is 19.1 Å². The summed E-state index contributed by atoms with van der Waals surface area (Å²) < 4.78 is 0.603. The lowest BCUT2D eigenvalue weighted by Gasteiger charge is -2.40. The first-order valence-corrected chi connectivity index (χ1v) is 16.7. The first-order valence-electron chi connectivity index (χ1n) is 16.7. The summed E-state index contributed by atoms with van der Waals surface area (Å²) >= 11 is 0. The number of carbonyl (C=O) groups is 3. The Morgan fingerprint density at radius 1 is 0.512 bits per heavy atom. The number of rotatable bonds is 29. The Kier molecular flexibility index (Phi) is 23.5. The number of nitrogens with zero attached hydrogens (tertiary/aromatic N) is 1. The maximum atomic E-state index is 11.5. The van der Waals surface area contributed by atoms with Gasteiger partial charge in [0.15, 0.2) is 0 Å². The highest BCUT2D eigenvalue weighted by Crippen LogP contribution is 2.22. The first kappa shape index (κ1) is 39.1. The molecule has 0 heterocycles. The van der Waals surface area contributed by atoms with Gasteiger partial charge in [-0.05, 0) is 38.5 Å². The van der Waals surface area contributed by atoms with Crippen molar-refractivity contribution < 1.29 is 34.2 Å². The van der Waals surface area contributed by atoms with Crippen molar-refractivity contribution in [3.8, 4) is 0 Å². The van der Waals surface area contributed by atoms with Crippen molar-refractivity contribution >= 4 is 17.9 Å². The third kappa shape index (κ3) is 21.5. The van der Waals surface area contributed by atoms with Crippen LogP contribution in [0.15, 0.2) is 12.2 Å². The molecule has 0 saturated carbocycles. The Balaban J connectivity index is 4.62. The van der Waals surface area contributed by atoms with Crippen LogP contribution >= 0.6 is 0 Å². The predicted octanol–water partition coefficient (Wildman–Crippen LogP) is 8.56. The van der Waals surface area contributed by atoms with E-state index in [4.69, 9.17) is 0 Å². The number of quaternary nitrogens is 1. The van der Waals surface area contributed by atoms with E-state index in [0.29, 0.717) is 43.4 Å². The fraction of sp³-hybridized carbons (Fsp3) is 0.853. The van der Waals surface area contributed by atoms with Gasteiger partial charge in [0.25, 0.3) is 0 Å². The highest BCUT2D eigenvalue weighted by molar-refractivity contribution is 5.70. The quantitative estimate of drug-likeness (QED) is 0.0463. The van der Waals surface area contributed by atoms with Gasteiger partial charge in [-0.3, -0.25) is 14.4 Å². The second kappa shape index (κ2) is 24.7. The summed E-state index contributed by atoms with van der Waals surface area (Å²) in [6.07, 6.45) is 25.0. The van der Waals surface area contributed by atoms with Crippen LogP contribution in [0.25, 0.3) is 0 Å². The highest BCUT2D eigenvalue weighted by Gasteiger charge is 2.31. The van der Waals surface area contributed by atoms with E-state index in [9.17, 15) is 29.7 Å². The maximum Gasteiger partial charge on any atom is 0.306 e. The Bertz CT molecular complexity index is 662. The monoisotopic (exact) mass is 582 g/mol. The van der Waals surface area contributed by atoms with Crippen molar-refractivity contribution in [3.63, 3.8) is 0 Å². The van der Waals surface area contributed by atoms with Gasteiger partial charge in [0.2, 0.25) is 0 Å².